The van der Waals surface area contributed by atoms with Gasteiger partial charge in [0.05, 0.1) is 48.9 Å². The number of carboxylic acid groups (broad SMARTS) is 4. The summed E-state index contributed by atoms with van der Waals surface area (Å²) in [6, 6.07) is 2.76. The fraction of sp³-hybridized carbons (Fsp3) is 0.597. The lowest BCUT2D eigenvalue weighted by Gasteiger charge is -2.30. The molecule has 3 aliphatic rings. The minimum Gasteiger partial charge on any atom is -0.508 e. The Labute approximate surface area is 551 Å². The SMILES string of the molecule is CCC(=O)[C@@H]1CSSC[C@H](NC(=O)[C@@H](CCC(=O)O)CC(=O)[C@H](Cc2ccc(O)cc2)NC(=O)CCC(C(=O)O)N2CCN(CC(=O)O)CCN(CC(=O)O)CC2)C(=O)N2C[C@H](O)C[C@H]2C(=O)C[C@@H](Cc2ccc(O)c(Cl)c2)C(=O)NCC(=O)C[C@@H](CC(C)C)C(=O)N1. The van der Waals surface area contributed by atoms with Gasteiger partial charge in [0.2, 0.25) is 29.5 Å². The third kappa shape index (κ3) is 25.6. The van der Waals surface area contributed by atoms with Crippen LogP contribution in [0.5, 0.6) is 11.5 Å². The number of Topliss-reactive ketones (excluding diaryl/α,β-unsaturated/α-hetero) is 4. The van der Waals surface area contributed by atoms with Crippen LogP contribution in [0.25, 0.3) is 0 Å². The first kappa shape index (κ1) is 76.5. The number of hydrogen-bond donors (Lipinski definition) is 11. The van der Waals surface area contributed by atoms with Gasteiger partial charge in [-0.15, -0.1) is 0 Å². The van der Waals surface area contributed by atoms with Crippen molar-refractivity contribution in [3.63, 3.8) is 0 Å². The van der Waals surface area contributed by atoms with Crippen molar-refractivity contribution in [2.75, 3.05) is 77.0 Å². The van der Waals surface area contributed by atoms with Crippen LogP contribution in [0.4, 0.5) is 0 Å². The number of aromatic hydroxyl groups is 2. The summed E-state index contributed by atoms with van der Waals surface area (Å²) in [5.74, 6) is -16.1. The van der Waals surface area contributed by atoms with E-state index in [1.54, 1.807) is 6.92 Å². The monoisotopic (exact) mass is 1360 g/mol. The highest BCUT2D eigenvalue weighted by atomic mass is 35.5. The van der Waals surface area contributed by atoms with E-state index >= 15 is 4.79 Å². The number of nitrogens with zero attached hydrogens (tertiary/aromatic N) is 4. The van der Waals surface area contributed by atoms with Crippen molar-refractivity contribution in [1.82, 2.24) is 40.9 Å². The maximum atomic E-state index is 15.1. The smallest absolute Gasteiger partial charge is 0.320 e. The fourth-order valence-electron chi connectivity index (χ4n) is 11.4. The molecule has 3 heterocycles. The van der Waals surface area contributed by atoms with Crippen LogP contribution >= 0.6 is 33.2 Å². The van der Waals surface area contributed by atoms with Gasteiger partial charge in [0.15, 0.2) is 23.1 Å². The van der Waals surface area contributed by atoms with Crippen molar-refractivity contribution in [3.05, 3.63) is 58.6 Å². The molecule has 2 aromatic carbocycles. The summed E-state index contributed by atoms with van der Waals surface area (Å²) in [6.07, 6.45) is -5.42. The Morgan fingerprint density at radius 2 is 1.38 bits per heavy atom. The summed E-state index contributed by atoms with van der Waals surface area (Å²) < 4.78 is 0. The van der Waals surface area contributed by atoms with E-state index in [0.717, 1.165) is 26.5 Å². The molecule has 0 aromatic heterocycles. The molecule has 28 nitrogen and oxygen atoms in total. The summed E-state index contributed by atoms with van der Waals surface area (Å²) in [7, 11) is 2.02. The van der Waals surface area contributed by atoms with Crippen LogP contribution in [0.2, 0.25) is 5.02 Å². The number of hydrogen-bond acceptors (Lipinski definition) is 21. The van der Waals surface area contributed by atoms with Crippen LogP contribution in [0.3, 0.4) is 0 Å². The number of rotatable bonds is 26. The van der Waals surface area contributed by atoms with E-state index in [4.69, 9.17) is 11.6 Å². The van der Waals surface area contributed by atoms with Gasteiger partial charge < -0.3 is 61.9 Å². The topological polar surface area (TPSA) is 425 Å². The molecule has 11 N–H and O–H groups in total. The molecule has 0 bridgehead atoms. The zero-order valence-corrected chi connectivity index (χ0v) is 54.6. The van der Waals surface area contributed by atoms with Gasteiger partial charge in [-0.25, -0.2) is 0 Å². The number of aliphatic hydroxyl groups excluding tert-OH is 1. The summed E-state index contributed by atoms with van der Waals surface area (Å²) >= 11 is 6.22. The predicted octanol–water partition coefficient (Wildman–Crippen LogP) is 1.40. The van der Waals surface area contributed by atoms with E-state index in [9.17, 15) is 93.3 Å². The number of aliphatic carboxylic acids is 4. The van der Waals surface area contributed by atoms with Crippen LogP contribution < -0.4 is 21.3 Å². The van der Waals surface area contributed by atoms with Gasteiger partial charge in [-0.1, -0.05) is 72.2 Å². The van der Waals surface area contributed by atoms with Gasteiger partial charge in [0.1, 0.15) is 23.6 Å². The second-order valence-corrected chi connectivity index (χ2v) is 27.1. The number of phenolic OH excluding ortho intramolecular Hbond substituents is 2. The number of nitrogens with one attached hydrogen (secondary N) is 4. The third-order valence-electron chi connectivity index (χ3n) is 16.4. The molecular weight excluding hydrogens is 1280 g/mol. The maximum absolute atomic E-state index is 15.1. The van der Waals surface area contributed by atoms with E-state index in [0.29, 0.717) is 11.1 Å². The molecule has 31 heteroatoms. The van der Waals surface area contributed by atoms with Gasteiger partial charge in [-0.2, -0.15) is 0 Å². The highest BCUT2D eigenvalue weighted by Crippen LogP contribution is 2.31. The highest BCUT2D eigenvalue weighted by Gasteiger charge is 2.44. The van der Waals surface area contributed by atoms with Crippen molar-refractivity contribution < 1.29 is 98.1 Å². The maximum Gasteiger partial charge on any atom is 0.320 e. The van der Waals surface area contributed by atoms with E-state index < -0.39 is 183 Å². The molecule has 0 aliphatic carbocycles. The number of amides is 5. The molecular formula is C62H85ClN8O20S2. The first-order chi connectivity index (χ1) is 44.0. The molecule has 0 spiro atoms. The Balaban J connectivity index is 1.46. The summed E-state index contributed by atoms with van der Waals surface area (Å²) in [5.41, 5.74) is 0.806. The molecule has 512 valence electrons. The van der Waals surface area contributed by atoms with Crippen LogP contribution in [0.1, 0.15) is 96.1 Å². The largest absolute Gasteiger partial charge is 0.508 e. The van der Waals surface area contributed by atoms with E-state index in [-0.39, 0.29) is 124 Å². The second kappa shape index (κ2) is 37.6. The summed E-state index contributed by atoms with van der Waals surface area (Å²) in [4.78, 5) is 182. The van der Waals surface area contributed by atoms with Gasteiger partial charge >= 0.3 is 23.9 Å². The number of ketones is 4. The predicted molar refractivity (Wildman–Crippen MR) is 340 cm³/mol. The van der Waals surface area contributed by atoms with Crippen LogP contribution in [0.15, 0.2) is 42.5 Å². The number of aliphatic hydroxyl groups is 1. The number of carbonyl (C=O) groups is 13. The molecule has 3 aliphatic heterocycles. The lowest BCUT2D eigenvalue weighted by Crippen LogP contribution is -2.54. The quantitative estimate of drug-likeness (QED) is 0.0593. The molecule has 0 radical (unpaired) electrons. The Bertz CT molecular complexity index is 2990. The number of fused-ring (bicyclic) bond motifs is 1. The fourth-order valence-corrected chi connectivity index (χ4v) is 14.0. The Hall–Kier alpha value is -7.22. The molecule has 0 saturated carbocycles. The standard InChI is InChI=1S/C62H85ClN8O20S2/c1-4-50(75)46-33-92-93-34-47(61(89)71-30-43(74)28-49(71)53(78)27-40(22-37-7-12-51(76)44(63)23-37)58(86)64-29-42(73)25-39(21-35(2)3)60(88)66-46)67-59(87)38(8-14-55(80)81)26-52(77)45(24-36-5-9-41(72)10-6-36)65-54(79)13-11-48(62(90)91)70-19-17-68(31-56(82)83)15-16-69(18-20-70)32-57(84)85/h5-7,9-10,12,23,35,38-40,43,45-49,72,74,76H,4,8,11,13-22,24-34H2,1-3H3,(H,64,86)(H,65,79)(H,66,88)(H,67,87)(H,80,81)(H,82,83)(H,84,85)(H,90,91)/t38-,39+,40+,43+,45-,46-,47-,48?,49-/m0/s1. The van der Waals surface area contributed by atoms with Crippen molar-refractivity contribution in [1.29, 1.82) is 0 Å². The lowest BCUT2D eigenvalue weighted by molar-refractivity contribution is -0.145. The second-order valence-electron chi connectivity index (χ2n) is 24.1. The zero-order chi connectivity index (χ0) is 68.6. The Morgan fingerprint density at radius 3 is 1.97 bits per heavy atom. The normalized spacial score (nSPS) is 22.6. The van der Waals surface area contributed by atoms with Crippen molar-refractivity contribution in [3.8, 4) is 11.5 Å². The van der Waals surface area contributed by atoms with Crippen molar-refractivity contribution in [2.24, 2.45) is 23.7 Å². The molecule has 9 atom stereocenters. The van der Waals surface area contributed by atoms with E-state index in [2.05, 4.69) is 21.3 Å². The minimum atomic E-state index is -1.61. The first-order valence-electron chi connectivity index (χ1n) is 30.8. The van der Waals surface area contributed by atoms with Gasteiger partial charge in [0, 0.05) is 120 Å². The number of benzene rings is 2. The number of carbonyl (C=O) groups excluding carboxylic acids is 9. The van der Waals surface area contributed by atoms with E-state index in [1.807, 2.05) is 13.8 Å². The Morgan fingerprint density at radius 1 is 0.753 bits per heavy atom. The molecule has 2 aromatic rings. The zero-order valence-electron chi connectivity index (χ0n) is 52.2. The van der Waals surface area contributed by atoms with Crippen LogP contribution in [0, 0.1) is 23.7 Å². The van der Waals surface area contributed by atoms with Crippen molar-refractivity contribution in [2.45, 2.75) is 134 Å². The highest BCUT2D eigenvalue weighted by molar-refractivity contribution is 8.76. The van der Waals surface area contributed by atoms with Gasteiger partial charge in [0.25, 0.3) is 0 Å². The summed E-state index contributed by atoms with van der Waals surface area (Å²) in [6.45, 7) is 4.08. The molecule has 3 fully saturated rings. The van der Waals surface area contributed by atoms with Crippen molar-refractivity contribution >= 4 is 110 Å². The van der Waals surface area contributed by atoms with E-state index in [1.165, 1.54) is 57.2 Å². The number of carboxylic acids is 4. The average molecular weight is 1360 g/mol. The summed E-state index contributed by atoms with van der Waals surface area (Å²) in [5, 5.41) is 81.4. The molecule has 3 saturated heterocycles. The first-order valence-corrected chi connectivity index (χ1v) is 33.7. The lowest BCUT2D eigenvalue weighted by atomic mass is 9.89. The average Bonchev–Trinajstić information content (AvgIpc) is 1.73. The number of halogens is 1. The molecule has 93 heavy (non-hydrogen) atoms. The molecule has 5 amide bonds. The minimum absolute atomic E-state index is 0.00698. The Kier molecular flexibility index (Phi) is 30.9. The van der Waals surface area contributed by atoms with Crippen LogP contribution in [-0.4, -0.2) is 245 Å². The number of phenols is 2. The molecule has 5 rings (SSSR count). The molecule has 1 unspecified atom stereocenters. The van der Waals surface area contributed by atoms with Gasteiger partial charge in [-0.05, 0) is 73.4 Å². The third-order valence-corrected chi connectivity index (χ3v) is 19.1. The van der Waals surface area contributed by atoms with Gasteiger partial charge in [-0.3, -0.25) is 77.0 Å². The van der Waals surface area contributed by atoms with Crippen LogP contribution in [-0.2, 0) is 75.2 Å².